The lowest BCUT2D eigenvalue weighted by Crippen LogP contribution is -2.36. The number of nitrogens with two attached hydrogens (primary N) is 2. The van der Waals surface area contributed by atoms with Crippen LogP contribution in [0.3, 0.4) is 0 Å². The number of primary amides is 1. The summed E-state index contributed by atoms with van der Waals surface area (Å²) in [7, 11) is 3.57. The molecule has 1 atom stereocenters. The lowest BCUT2D eigenvalue weighted by Gasteiger charge is -2.27. The highest BCUT2D eigenvalue weighted by atomic mass is 35.5. The molecule has 1 aromatic carbocycles. The number of morpholine rings is 2. The van der Waals surface area contributed by atoms with Gasteiger partial charge in [0.15, 0.2) is 29.1 Å². The molecule has 39 nitrogen and oxygen atoms in total. The van der Waals surface area contributed by atoms with Gasteiger partial charge in [-0.3, -0.25) is 34.1 Å². The predicted molar refractivity (Wildman–Crippen MR) is 433 cm³/mol. The molecule has 1 unspecified atom stereocenters. The van der Waals surface area contributed by atoms with E-state index < -0.39 is 15.6 Å². The number of nitrogens with one attached hydrogen (secondary N) is 4. The zero-order chi connectivity index (χ0) is 82.5. The van der Waals surface area contributed by atoms with Crippen LogP contribution in [0, 0.1) is 76.2 Å². The molecular weight excluding hydrogens is 1510 g/mol. The first-order valence-electron chi connectivity index (χ1n) is 38.8. The molecule has 20 rings (SSSR count). The van der Waals surface area contributed by atoms with E-state index in [1.54, 1.807) is 26.3 Å². The SMILES string of the molecule is C=S(C)(=O)n1nc(C2CC2)nc1C.Cc1nc(C(N)=O)n[nH]1.Cc1nc(C2CC2)n(C)n1.Cc1nc(C2CC2)nn1C.Cc1nc(C2CC2)nn1C.Cc1nc(C2CC2)no1.Cc1nc(C2CCCC2)n[nH]1.Cc1nc(N)no1.Cc1nc(N2CCOCC2)n[nH]1.Cc1nc2ccc(Cl)cc2[nH]1.Cc1nccc(N2CCOCC2)n1. The van der Waals surface area contributed by atoms with Crippen molar-refractivity contribution >= 4 is 61.8 Å². The van der Waals surface area contributed by atoms with Crippen molar-refractivity contribution in [3.8, 4) is 0 Å². The number of ether oxygens (including phenoxy) is 2. The number of imidazole rings is 1. The van der Waals surface area contributed by atoms with E-state index in [9.17, 15) is 9.00 Å². The number of carbonyl (C=O) groups excluding carboxylic acids is 1. The molecule has 6 aliphatic carbocycles. The van der Waals surface area contributed by atoms with Crippen LogP contribution in [0.5, 0.6) is 0 Å². The molecule has 0 radical (unpaired) electrons. The summed E-state index contributed by atoms with van der Waals surface area (Å²) < 4.78 is 38.4. The second kappa shape index (κ2) is 40.9. The number of aromatic amines is 4. The van der Waals surface area contributed by atoms with Crippen molar-refractivity contribution < 1.29 is 27.5 Å². The number of H-pyrrole nitrogens is 4. The minimum Gasteiger partial charge on any atom is -0.378 e. The third kappa shape index (κ3) is 28.3. The number of aromatic nitrogens is 29. The average Bonchev–Trinajstić information content (AvgIpc) is 1.61. The molecule has 8 aliphatic rings. The van der Waals surface area contributed by atoms with Crippen LogP contribution in [-0.4, -0.2) is 219 Å². The number of amides is 1. The fourth-order valence-electron chi connectivity index (χ4n) is 11.6. The average molecular weight is 1630 g/mol. The Bertz CT molecular complexity index is 4990. The fraction of sp³-hybridized carbons (Fsp3) is 0.581. The van der Waals surface area contributed by atoms with Gasteiger partial charge in [0, 0.05) is 114 Å². The minimum atomic E-state index is -2.28. The zero-order valence-electron chi connectivity index (χ0n) is 68.6. The summed E-state index contributed by atoms with van der Waals surface area (Å²) in [5.41, 5.74) is 11.9. The third-order valence-electron chi connectivity index (χ3n) is 18.5. The van der Waals surface area contributed by atoms with Crippen LogP contribution >= 0.6 is 11.6 Å². The van der Waals surface area contributed by atoms with Gasteiger partial charge in [-0.25, -0.2) is 49.1 Å². The lowest BCUT2D eigenvalue weighted by atomic mass is 10.1. The van der Waals surface area contributed by atoms with E-state index in [-0.39, 0.29) is 11.8 Å². The van der Waals surface area contributed by atoms with E-state index in [4.69, 9.17) is 37.1 Å². The van der Waals surface area contributed by atoms with E-state index in [1.807, 2.05) is 122 Å². The van der Waals surface area contributed by atoms with Crippen molar-refractivity contribution in [3.63, 3.8) is 0 Å². The van der Waals surface area contributed by atoms with Gasteiger partial charge in [-0.2, -0.15) is 39.4 Å². The highest BCUT2D eigenvalue weighted by Gasteiger charge is 2.32. The molecule has 0 spiro atoms. The van der Waals surface area contributed by atoms with Gasteiger partial charge in [-0.05, 0) is 175 Å². The Morgan fingerprint density at radius 1 is 0.513 bits per heavy atom. The molecule has 620 valence electrons. The van der Waals surface area contributed by atoms with E-state index in [1.165, 1.54) is 81.1 Å². The van der Waals surface area contributed by atoms with Crippen LogP contribution in [0.2, 0.25) is 5.02 Å². The molecule has 1 amide bonds. The van der Waals surface area contributed by atoms with Crippen LogP contribution in [0.1, 0.15) is 235 Å². The Morgan fingerprint density at radius 2 is 1.03 bits per heavy atom. The van der Waals surface area contributed by atoms with Crippen molar-refractivity contribution in [1.29, 1.82) is 0 Å². The van der Waals surface area contributed by atoms with Gasteiger partial charge in [-0.1, -0.05) is 29.6 Å². The smallest absolute Gasteiger partial charge is 0.288 e. The topological polar surface area (TPSA) is 491 Å². The van der Waals surface area contributed by atoms with Crippen LogP contribution in [0.4, 0.5) is 17.7 Å². The van der Waals surface area contributed by atoms with Crippen LogP contribution < -0.4 is 21.3 Å². The third-order valence-corrected chi connectivity index (χ3v) is 19.8. The summed E-state index contributed by atoms with van der Waals surface area (Å²) in [6.07, 6.45) is 21.1. The molecule has 2 saturated heterocycles. The normalized spacial score (nSPS) is 16.6. The number of fused-ring (bicyclic) bond motifs is 1. The van der Waals surface area contributed by atoms with Crippen LogP contribution in [0.25, 0.3) is 11.0 Å². The quantitative estimate of drug-likeness (QED) is 0.0696. The first-order chi connectivity index (χ1) is 55.0. The van der Waals surface area contributed by atoms with Gasteiger partial charge in [-0.15, -0.1) is 15.3 Å². The maximum atomic E-state index is 11.6. The van der Waals surface area contributed by atoms with Gasteiger partial charge in [0.05, 0.1) is 47.2 Å². The maximum Gasteiger partial charge on any atom is 0.288 e. The Balaban J connectivity index is 0.000000134. The molecule has 6 saturated carbocycles. The fourth-order valence-corrected chi connectivity index (χ4v) is 12.6. The predicted octanol–water partition coefficient (Wildman–Crippen LogP) is 8.87. The summed E-state index contributed by atoms with van der Waals surface area (Å²) >= 11 is 5.78. The molecule has 13 heterocycles. The van der Waals surface area contributed by atoms with Crippen LogP contribution in [-0.2, 0) is 40.3 Å². The number of nitrogen functional groups attached to an aromatic ring is 1. The van der Waals surface area contributed by atoms with Crippen molar-refractivity contribution in [2.24, 2.45) is 26.9 Å². The number of carbonyl (C=O) groups is 1. The second-order valence-corrected chi connectivity index (χ2v) is 31.9. The molecule has 2 aliphatic heterocycles. The van der Waals surface area contributed by atoms with Crippen LogP contribution in [0.15, 0.2) is 39.5 Å². The maximum absolute atomic E-state index is 11.6. The van der Waals surface area contributed by atoms with Gasteiger partial charge in [0.2, 0.25) is 23.6 Å². The first-order valence-corrected chi connectivity index (χ1v) is 41.2. The number of aryl methyl sites for hydroxylation is 14. The number of nitrogens with zero attached hydrogens (tertiary/aromatic N) is 27. The largest absolute Gasteiger partial charge is 0.378 e. The molecule has 8 N–H and O–H groups in total. The Hall–Kier alpha value is -10.9. The van der Waals surface area contributed by atoms with Crippen molar-refractivity contribution in [2.75, 3.05) is 74.4 Å². The first kappa shape index (κ1) is 86.5. The van der Waals surface area contributed by atoms with E-state index in [0.29, 0.717) is 58.9 Å². The Morgan fingerprint density at radius 3 is 1.44 bits per heavy atom. The highest BCUT2D eigenvalue weighted by Crippen LogP contribution is 2.41. The van der Waals surface area contributed by atoms with Crippen molar-refractivity contribution in [1.82, 2.24) is 144 Å². The standard InChI is InChI=1S/C9H13N3O.C8H7ClN2.C8H13N3OS.C8H13N3.C7H12N4O.3C7H11N3.C6H8N2O.C4H6N4O.C3H5N3O/c1-8-10-3-2-9(11-8)12-4-6-13-7-5-12;1-5-10-7-3-2-6(9)4-8(7)11-5;1-6-9-8(7-4-5-7)10-11(6)13(2,3)12;1-6-9-8(11-10-6)7-4-2-3-5-7;1-6-8-7(10-9-6)11-2-4-12-5-3-11;2*1-5-8-7(6-3-4-6)9-10(5)2;1-5-8-7(6-3-4-6)10(2)9-5;1-4-7-6(8-9-4)5-2-3-5;1-2-6-4(3(5)9)8-7-2;1-2-5-3(4)6-7-2/h2-3H,4-7H2,1H3;2-4H,1H3,(H,10,11);7H,2,4-5H2,1,3H3;7H,2-5H2,1H3,(H,9,10,11);2-5H2,1H3,(H,8,9,10);3*6H,3-4H2,1-2H3;5H,2-3H2,1H3;1H3,(H2,5,9)(H,6,7,8);1H3,(H2,4,6). The van der Waals surface area contributed by atoms with E-state index in [2.05, 4.69) is 146 Å². The molecule has 0 bridgehead atoms. The van der Waals surface area contributed by atoms with Gasteiger partial charge >= 0.3 is 0 Å². The number of anilines is 3. The number of rotatable bonds is 10. The molecule has 115 heavy (non-hydrogen) atoms. The number of hydrogen-bond acceptors (Lipinski definition) is 30. The molecule has 12 aromatic rings. The summed E-state index contributed by atoms with van der Waals surface area (Å²) in [5.74, 6) is 23.7. The summed E-state index contributed by atoms with van der Waals surface area (Å²) in [6, 6.07) is 7.56. The number of halogens is 1. The molecule has 8 fully saturated rings. The van der Waals surface area contributed by atoms with Gasteiger partial charge in [0.25, 0.3) is 11.9 Å². The lowest BCUT2D eigenvalue weighted by molar-refractivity contribution is 0.0990. The zero-order valence-corrected chi connectivity index (χ0v) is 70.2. The summed E-state index contributed by atoms with van der Waals surface area (Å²) in [5, 5.41) is 44.7. The Kier molecular flexibility index (Phi) is 30.8. The number of hydrogen-bond donors (Lipinski definition) is 6. The Labute approximate surface area is 673 Å². The van der Waals surface area contributed by atoms with Crippen molar-refractivity contribution in [3.05, 3.63) is 140 Å². The van der Waals surface area contributed by atoms with Gasteiger partial charge < -0.3 is 44.8 Å². The molecular formula is C74H110ClN33O6S. The van der Waals surface area contributed by atoms with Crippen molar-refractivity contribution in [2.45, 2.75) is 202 Å². The van der Waals surface area contributed by atoms with Gasteiger partial charge in [0.1, 0.15) is 64.1 Å². The van der Waals surface area contributed by atoms with E-state index >= 15 is 0 Å². The second-order valence-electron chi connectivity index (χ2n) is 29.2. The summed E-state index contributed by atoms with van der Waals surface area (Å²) in [6.45, 7) is 27.4. The van der Waals surface area contributed by atoms with E-state index in [0.717, 1.165) is 169 Å². The number of benzene rings is 1. The minimum absolute atomic E-state index is 0.0347. The molecule has 11 aromatic heterocycles. The highest BCUT2D eigenvalue weighted by molar-refractivity contribution is 7.98. The molecule has 41 heteroatoms. The summed E-state index contributed by atoms with van der Waals surface area (Å²) in [4.78, 5) is 67.6. The monoisotopic (exact) mass is 1620 g/mol.